The maximum atomic E-state index is 6.14. The molecular weight excluding hydrogens is 539 g/mol. The third-order valence-electron chi connectivity index (χ3n) is 3.73. The van der Waals surface area contributed by atoms with Gasteiger partial charge in [0, 0.05) is 7.05 Å². The zero-order valence-corrected chi connectivity index (χ0v) is 20.4. The molecule has 0 unspecified atom stereocenters. The van der Waals surface area contributed by atoms with Crippen LogP contribution in [0.3, 0.4) is 0 Å². The monoisotopic (exact) mass is 549 g/mol. The number of aliphatic imine (C=N–C) groups is 2. The van der Waals surface area contributed by atoms with Crippen LogP contribution in [0.25, 0.3) is 0 Å². The second-order valence-corrected chi connectivity index (χ2v) is 8.90. The fraction of sp³-hybridized carbons (Fsp3) is 0.0526. The number of hydrogen-bond donors (Lipinski definition) is 0. The maximum absolute atomic E-state index is 6.14. The molecule has 0 fully saturated rings. The first-order valence-corrected chi connectivity index (χ1v) is 12.4. The van der Waals surface area contributed by atoms with E-state index in [2.05, 4.69) is 9.98 Å². The second-order valence-electron chi connectivity index (χ2n) is 5.45. The summed E-state index contributed by atoms with van der Waals surface area (Å²) in [6.07, 6.45) is 3.40. The topological polar surface area (TPSA) is 29.6 Å². The Bertz CT molecular complexity index is 913. The van der Waals surface area contributed by atoms with Gasteiger partial charge in [-0.2, -0.15) is 0 Å². The Morgan fingerprint density at radius 1 is 0.690 bits per heavy atom. The fourth-order valence-corrected chi connectivity index (χ4v) is 3.28. The third kappa shape index (κ3) is 6.92. The van der Waals surface area contributed by atoms with Gasteiger partial charge in [-0.05, 0) is 36.4 Å². The van der Waals surface area contributed by atoms with Crippen molar-refractivity contribution in [2.75, 3.05) is 0 Å². The van der Waals surface area contributed by atoms with E-state index in [1.54, 1.807) is 48.8 Å². The number of halogens is 6. The molecule has 0 saturated heterocycles. The summed E-state index contributed by atoms with van der Waals surface area (Å²) < 4.78 is 1.93. The van der Waals surface area contributed by atoms with Crippen LogP contribution in [0.2, 0.25) is 20.1 Å². The van der Waals surface area contributed by atoms with Gasteiger partial charge in [0.1, 0.15) is 11.4 Å². The van der Waals surface area contributed by atoms with Crippen molar-refractivity contribution in [2.45, 2.75) is 0 Å². The van der Waals surface area contributed by atoms with Crippen LogP contribution in [0.4, 0.5) is 11.4 Å². The van der Waals surface area contributed by atoms with Crippen molar-refractivity contribution < 1.29 is 13.1 Å². The summed E-state index contributed by atoms with van der Waals surface area (Å²) in [6, 6.07) is 14.4. The SMILES string of the molecule is Cn1c(C=Nc2c(Cl)cccc2Cl)ccc1C=Nc1c(Cl)cccc1Cl.[Cl][Fe][Cl]. The van der Waals surface area contributed by atoms with Crippen molar-refractivity contribution in [3.8, 4) is 0 Å². The summed E-state index contributed by atoms with van der Waals surface area (Å²) in [5.74, 6) is 0. The normalized spacial score (nSPS) is 11.3. The summed E-state index contributed by atoms with van der Waals surface area (Å²) in [5, 5.41) is 1.99. The minimum absolute atomic E-state index is 0.194. The van der Waals surface area contributed by atoms with Crippen molar-refractivity contribution in [1.29, 1.82) is 0 Å². The average Bonchev–Trinajstić information content (AvgIpc) is 3.02. The zero-order chi connectivity index (χ0) is 21.4. The van der Waals surface area contributed by atoms with E-state index in [-0.39, 0.29) is 13.1 Å². The van der Waals surface area contributed by atoms with Gasteiger partial charge in [0.15, 0.2) is 0 Å². The Balaban J connectivity index is 0.000000941. The first-order valence-electron chi connectivity index (χ1n) is 7.86. The van der Waals surface area contributed by atoms with Gasteiger partial charge in [-0.15, -0.1) is 0 Å². The summed E-state index contributed by atoms with van der Waals surface area (Å²) in [5.41, 5.74) is 2.81. The van der Waals surface area contributed by atoms with Gasteiger partial charge in [-0.25, -0.2) is 0 Å². The first kappa shape index (κ1) is 24.6. The van der Waals surface area contributed by atoms with Gasteiger partial charge >= 0.3 is 33.3 Å². The van der Waals surface area contributed by atoms with Crippen LogP contribution in [0.15, 0.2) is 58.5 Å². The van der Waals surface area contributed by atoms with Crippen molar-refractivity contribution in [3.63, 3.8) is 0 Å². The average molecular weight is 552 g/mol. The van der Waals surface area contributed by atoms with E-state index < -0.39 is 0 Å². The van der Waals surface area contributed by atoms with Gasteiger partial charge < -0.3 is 4.57 Å². The summed E-state index contributed by atoms with van der Waals surface area (Å²) in [7, 11) is 11.4. The molecule has 0 bridgehead atoms. The van der Waals surface area contributed by atoms with Crippen LogP contribution in [0, 0.1) is 0 Å². The molecule has 0 aliphatic heterocycles. The van der Waals surface area contributed by atoms with E-state index in [9.17, 15) is 0 Å². The Kier molecular flexibility index (Phi) is 10.4. The van der Waals surface area contributed by atoms with Crippen molar-refractivity contribution >= 4 is 90.4 Å². The minimum atomic E-state index is 0.194. The molecule has 29 heavy (non-hydrogen) atoms. The predicted octanol–water partition coefficient (Wildman–Crippen LogP) is 8.52. The molecule has 1 aromatic heterocycles. The number of aromatic nitrogens is 1. The molecule has 0 atom stereocenters. The predicted molar refractivity (Wildman–Crippen MR) is 125 cm³/mol. The van der Waals surface area contributed by atoms with Crippen LogP contribution >= 0.6 is 66.6 Å². The molecule has 2 aromatic carbocycles. The Labute approximate surface area is 203 Å². The molecule has 0 aliphatic rings. The van der Waals surface area contributed by atoms with Crippen LogP contribution in [-0.4, -0.2) is 17.0 Å². The van der Waals surface area contributed by atoms with E-state index in [4.69, 9.17) is 66.6 Å². The van der Waals surface area contributed by atoms with E-state index in [1.807, 2.05) is 23.7 Å². The van der Waals surface area contributed by atoms with Crippen molar-refractivity contribution in [2.24, 2.45) is 17.0 Å². The first-order chi connectivity index (χ1) is 13.9. The number of para-hydroxylation sites is 2. The van der Waals surface area contributed by atoms with Gasteiger partial charge in [0.2, 0.25) is 0 Å². The molecule has 1 heterocycles. The van der Waals surface area contributed by atoms with Gasteiger partial charge in [-0.1, -0.05) is 58.5 Å². The number of nitrogens with zero attached hydrogens (tertiary/aromatic N) is 3. The third-order valence-corrected chi connectivity index (χ3v) is 4.95. The molecule has 0 radical (unpaired) electrons. The quantitative estimate of drug-likeness (QED) is 0.230. The Hall–Kier alpha value is -0.681. The van der Waals surface area contributed by atoms with Crippen LogP contribution < -0.4 is 0 Å². The van der Waals surface area contributed by atoms with Crippen LogP contribution in [0.1, 0.15) is 11.4 Å². The van der Waals surface area contributed by atoms with Crippen molar-refractivity contribution in [1.82, 2.24) is 4.57 Å². The number of benzene rings is 2. The molecule has 0 amide bonds. The number of rotatable bonds is 4. The van der Waals surface area contributed by atoms with Gasteiger partial charge in [0.25, 0.3) is 0 Å². The fourth-order valence-electron chi connectivity index (χ4n) is 2.29. The Morgan fingerprint density at radius 2 is 1.00 bits per heavy atom. The second kappa shape index (κ2) is 12.2. The molecule has 0 N–H and O–H groups in total. The van der Waals surface area contributed by atoms with Crippen LogP contribution in [0.5, 0.6) is 0 Å². The molecule has 0 spiro atoms. The molecule has 154 valence electrons. The number of hydrogen-bond acceptors (Lipinski definition) is 2. The van der Waals surface area contributed by atoms with E-state index >= 15 is 0 Å². The molecule has 3 nitrogen and oxygen atoms in total. The van der Waals surface area contributed by atoms with E-state index in [0.717, 1.165) is 11.4 Å². The molecule has 0 saturated carbocycles. The molecule has 10 heteroatoms. The summed E-state index contributed by atoms with van der Waals surface area (Å²) in [6.45, 7) is 0. The molecule has 3 aromatic rings. The summed E-state index contributed by atoms with van der Waals surface area (Å²) in [4.78, 5) is 8.80. The zero-order valence-electron chi connectivity index (χ0n) is 14.7. The summed E-state index contributed by atoms with van der Waals surface area (Å²) >= 11 is 24.7. The molecule has 3 rings (SSSR count). The van der Waals surface area contributed by atoms with E-state index in [0.29, 0.717) is 31.5 Å². The molecular formula is C19H13Cl6FeN3. The van der Waals surface area contributed by atoms with Gasteiger partial charge in [-0.3, -0.25) is 9.98 Å². The Morgan fingerprint density at radius 3 is 1.31 bits per heavy atom. The van der Waals surface area contributed by atoms with Crippen molar-refractivity contribution in [3.05, 3.63) is 80.0 Å². The molecule has 0 aliphatic carbocycles. The van der Waals surface area contributed by atoms with Crippen LogP contribution in [-0.2, 0) is 20.2 Å². The van der Waals surface area contributed by atoms with Gasteiger partial charge in [0.05, 0.1) is 43.9 Å². The van der Waals surface area contributed by atoms with E-state index in [1.165, 1.54) is 0 Å². The standard InChI is InChI=1S/C19H13Cl4N3.2ClH.Fe/c1-26-12(10-24-18-14(20)4-2-5-15(18)21)8-9-13(26)11-25-19-16(22)6-3-7-17(19)23;;;/h2-11H,1H3;2*1H;/q;;;+2/p-2.